The summed E-state index contributed by atoms with van der Waals surface area (Å²) in [6.45, 7) is 9.44. The van der Waals surface area contributed by atoms with Crippen LogP contribution in [-0.2, 0) is 29.7 Å². The molecule has 0 radical (unpaired) electrons. The van der Waals surface area contributed by atoms with E-state index in [1.807, 2.05) is 6.07 Å². The summed E-state index contributed by atoms with van der Waals surface area (Å²) in [6, 6.07) is 10.4. The molecule has 2 N–H and O–H groups in total. The number of nitrogens with one attached hydrogen (secondary N) is 2. The molecule has 266 valence electrons. The first-order chi connectivity index (χ1) is 22.8. The highest BCUT2D eigenvalue weighted by Gasteiger charge is 2.30. The number of nitriles is 1. The number of fused-ring (bicyclic) bond motifs is 2. The third-order valence-electron chi connectivity index (χ3n) is 9.60. The van der Waals surface area contributed by atoms with Crippen LogP contribution in [0.3, 0.4) is 0 Å². The number of thiophene rings is 1. The maximum absolute atomic E-state index is 12.9. The van der Waals surface area contributed by atoms with Crippen LogP contribution in [0.15, 0.2) is 30.6 Å². The third-order valence-corrected chi connectivity index (χ3v) is 12.2. The Kier molecular flexibility index (Phi) is 11.5. The number of piperidine rings is 1. The largest absolute Gasteiger partial charge is 0.393 e. The Morgan fingerprint density at radius 2 is 1.80 bits per heavy atom. The zero-order chi connectivity index (χ0) is 34.2. The van der Waals surface area contributed by atoms with Gasteiger partial charge in [0.2, 0.25) is 0 Å². The van der Waals surface area contributed by atoms with Gasteiger partial charge in [-0.15, -0.1) is 11.3 Å². The molecule has 1 aromatic carbocycles. The van der Waals surface area contributed by atoms with Crippen LogP contribution in [0.25, 0.3) is 21.1 Å². The Morgan fingerprint density at radius 3 is 2.45 bits per heavy atom. The summed E-state index contributed by atoms with van der Waals surface area (Å²) in [6.07, 6.45) is -2.09. The minimum atomic E-state index is -4.27. The average Bonchev–Trinajstić information content (AvgIpc) is 3.63. The van der Waals surface area contributed by atoms with Gasteiger partial charge in [-0.1, -0.05) is 6.07 Å². The number of anilines is 1. The molecule has 0 unspecified atom stereocenters. The molecule has 49 heavy (non-hydrogen) atoms. The number of aromatic nitrogens is 3. The van der Waals surface area contributed by atoms with Gasteiger partial charge in [0.1, 0.15) is 28.7 Å². The highest BCUT2D eigenvalue weighted by Crippen LogP contribution is 2.33. The minimum absolute atomic E-state index is 0. The second kappa shape index (κ2) is 15.1. The summed E-state index contributed by atoms with van der Waals surface area (Å²) in [7, 11) is -2.01. The van der Waals surface area contributed by atoms with Crippen molar-refractivity contribution >= 4 is 62.0 Å². The van der Waals surface area contributed by atoms with Crippen LogP contribution >= 0.6 is 24.8 Å². The van der Waals surface area contributed by atoms with Crippen molar-refractivity contribution in [2.75, 3.05) is 51.6 Å². The summed E-state index contributed by atoms with van der Waals surface area (Å²) >= 11 is 1.06. The summed E-state index contributed by atoms with van der Waals surface area (Å²) in [5.74, 6) is 0.584. The number of hydrogen-bond acceptors (Lipinski definition) is 9. The predicted octanol–water partition coefficient (Wildman–Crippen LogP) is 4.59. The minimum Gasteiger partial charge on any atom is -0.367 e. The van der Waals surface area contributed by atoms with E-state index in [9.17, 15) is 26.9 Å². The molecule has 2 fully saturated rings. The number of alkyl halides is 3. The maximum Gasteiger partial charge on any atom is 0.393 e. The number of hydrogen-bond donors (Lipinski definition) is 2. The second-order valence-electron chi connectivity index (χ2n) is 12.7. The van der Waals surface area contributed by atoms with Gasteiger partial charge < -0.3 is 9.88 Å². The molecule has 17 heteroatoms. The molecule has 2 aliphatic rings. The number of nitrogens with zero attached hydrogens (tertiary/aromatic N) is 7. The molecule has 3 aromatic heterocycles. The standard InChI is InChI=1S/C32H40F3N9O2S2.H2S/c1-21(42-10-12-43(13-11-42)48(45,46)37-3)18-44-25(17-36)14-27-22(2)23(4-5-29(27)44)19-41-8-6-24(7-9-41)40-30-28-15-26(16-32(33,34)35)47-31(28)39-20-38-30;/h4-5,14-15,20-21,24,37H,6-13,16,18-19H2,1-3H3,(H,38,39,40);1H2/t21-;/m0./s1. The highest BCUT2D eigenvalue weighted by atomic mass is 32.2. The van der Waals surface area contributed by atoms with Crippen LogP contribution in [-0.4, -0.2) is 102 Å². The number of likely N-dealkylation sites (tertiary alicyclic amines) is 1. The van der Waals surface area contributed by atoms with Gasteiger partial charge in [-0.3, -0.25) is 9.80 Å². The summed E-state index contributed by atoms with van der Waals surface area (Å²) in [4.78, 5) is 14.0. The van der Waals surface area contributed by atoms with Crippen LogP contribution in [0.1, 0.15) is 41.5 Å². The van der Waals surface area contributed by atoms with Crippen molar-refractivity contribution in [3.63, 3.8) is 0 Å². The van der Waals surface area contributed by atoms with Crippen LogP contribution in [0, 0.1) is 18.3 Å². The summed E-state index contributed by atoms with van der Waals surface area (Å²) in [5, 5.41) is 15.2. The van der Waals surface area contributed by atoms with E-state index in [4.69, 9.17) is 0 Å². The van der Waals surface area contributed by atoms with Crippen molar-refractivity contribution in [2.24, 2.45) is 0 Å². The Bertz CT molecular complexity index is 1920. The number of halogens is 3. The van der Waals surface area contributed by atoms with Crippen LogP contribution < -0.4 is 10.0 Å². The predicted molar refractivity (Wildman–Crippen MR) is 191 cm³/mol. The van der Waals surface area contributed by atoms with Gasteiger partial charge in [-0.2, -0.15) is 44.7 Å². The van der Waals surface area contributed by atoms with E-state index in [2.05, 4.69) is 66.4 Å². The molecule has 0 saturated carbocycles. The maximum atomic E-state index is 12.9. The molecule has 4 aromatic rings. The third kappa shape index (κ3) is 8.33. The zero-order valence-electron chi connectivity index (χ0n) is 27.7. The molecule has 5 heterocycles. The van der Waals surface area contributed by atoms with Gasteiger partial charge in [-0.05, 0) is 56.0 Å². The first kappa shape index (κ1) is 37.3. The molecule has 0 amide bonds. The number of piperazine rings is 1. The van der Waals surface area contributed by atoms with Crippen molar-refractivity contribution in [1.29, 1.82) is 5.26 Å². The van der Waals surface area contributed by atoms with Gasteiger partial charge in [0.25, 0.3) is 10.2 Å². The Balaban J connectivity index is 0.00000468. The van der Waals surface area contributed by atoms with Crippen LogP contribution in [0.4, 0.5) is 19.0 Å². The molecular weight excluding hydrogens is 696 g/mol. The first-order valence-electron chi connectivity index (χ1n) is 16.1. The molecule has 6 rings (SSSR count). The van der Waals surface area contributed by atoms with E-state index in [-0.39, 0.29) is 30.5 Å². The lowest BCUT2D eigenvalue weighted by atomic mass is 10.0. The molecule has 1 atom stereocenters. The normalized spacial score (nSPS) is 18.1. The fourth-order valence-corrected chi connectivity index (χ4v) is 8.78. The van der Waals surface area contributed by atoms with Crippen molar-refractivity contribution in [3.8, 4) is 6.07 Å². The zero-order valence-corrected chi connectivity index (χ0v) is 30.4. The lowest BCUT2D eigenvalue weighted by Crippen LogP contribution is -2.54. The topological polar surface area (TPSA) is 122 Å². The monoisotopic (exact) mass is 737 g/mol. The summed E-state index contributed by atoms with van der Waals surface area (Å²) in [5.41, 5.74) is 3.98. The molecule has 2 aliphatic heterocycles. The number of aryl methyl sites for hydroxylation is 1. The number of rotatable bonds is 10. The fourth-order valence-electron chi connectivity index (χ4n) is 6.85. The smallest absolute Gasteiger partial charge is 0.367 e. The van der Waals surface area contributed by atoms with Crippen molar-refractivity contribution in [2.45, 2.75) is 64.5 Å². The van der Waals surface area contributed by atoms with Crippen molar-refractivity contribution in [1.82, 2.24) is 33.4 Å². The summed E-state index contributed by atoms with van der Waals surface area (Å²) < 4.78 is 69.1. The van der Waals surface area contributed by atoms with E-state index in [1.54, 1.807) is 6.07 Å². The molecule has 0 spiro atoms. The van der Waals surface area contributed by atoms with E-state index in [0.29, 0.717) is 54.5 Å². The van der Waals surface area contributed by atoms with Crippen LogP contribution in [0.2, 0.25) is 0 Å². The average molecular weight is 738 g/mol. The quantitative estimate of drug-likeness (QED) is 0.243. The van der Waals surface area contributed by atoms with Crippen LogP contribution in [0.5, 0.6) is 0 Å². The van der Waals surface area contributed by atoms with E-state index in [1.165, 1.54) is 23.2 Å². The van der Waals surface area contributed by atoms with E-state index < -0.39 is 22.8 Å². The van der Waals surface area contributed by atoms with Gasteiger partial charge in [0, 0.05) is 87.3 Å². The molecule has 0 bridgehead atoms. The molecule has 2 saturated heterocycles. The second-order valence-corrected chi connectivity index (χ2v) is 15.7. The Morgan fingerprint density at radius 1 is 1.08 bits per heavy atom. The Hall–Kier alpha value is -2.98. The molecular formula is C32H42F3N9O2S3. The Labute approximate surface area is 295 Å². The van der Waals surface area contributed by atoms with Gasteiger partial charge in [0.15, 0.2) is 0 Å². The highest BCUT2D eigenvalue weighted by molar-refractivity contribution is 7.87. The lowest BCUT2D eigenvalue weighted by Gasteiger charge is -2.37. The lowest BCUT2D eigenvalue weighted by molar-refractivity contribution is -0.126. The van der Waals surface area contributed by atoms with E-state index in [0.717, 1.165) is 60.3 Å². The first-order valence-corrected chi connectivity index (χ1v) is 18.3. The van der Waals surface area contributed by atoms with Gasteiger partial charge in [-0.25, -0.2) is 14.7 Å². The molecule has 11 nitrogen and oxygen atoms in total. The van der Waals surface area contributed by atoms with Crippen molar-refractivity contribution in [3.05, 3.63) is 52.3 Å². The van der Waals surface area contributed by atoms with Crippen molar-refractivity contribution < 1.29 is 21.6 Å². The van der Waals surface area contributed by atoms with Gasteiger partial charge in [0.05, 0.1) is 11.8 Å². The SMILES string of the molecule is CNS(=O)(=O)N1CCN([C@@H](C)Cn2c(C#N)cc3c(C)c(CN4CCC(Nc5ncnc6sc(CC(F)(F)F)cc56)CC4)ccc32)CC1.S. The van der Waals surface area contributed by atoms with Gasteiger partial charge >= 0.3 is 6.18 Å². The fraction of sp³-hybridized carbons (Fsp3) is 0.531. The molecule has 0 aliphatic carbocycles. The van der Waals surface area contributed by atoms with E-state index >= 15 is 0 Å². The number of benzene rings is 1.